The van der Waals surface area contributed by atoms with E-state index < -0.39 is 0 Å². The smallest absolute Gasteiger partial charge is 0.255 e. The molecule has 0 N–H and O–H groups in total. The van der Waals surface area contributed by atoms with E-state index in [2.05, 4.69) is 25.9 Å². The van der Waals surface area contributed by atoms with Gasteiger partial charge < -0.3 is 9.64 Å². The Morgan fingerprint density at radius 3 is 2.86 bits per heavy atom. The molecule has 0 spiro atoms. The molecule has 2 aromatic rings. The number of aryl methyl sites for hydroxylation is 1. The van der Waals surface area contributed by atoms with Crippen molar-refractivity contribution in [3.63, 3.8) is 0 Å². The first-order valence-electron chi connectivity index (χ1n) is 7.13. The SMILES string of the molecule is Cc1ncccc1C(=O)N1CCC(Oc2ncccc2Br)C1. The number of rotatable bonds is 3. The summed E-state index contributed by atoms with van der Waals surface area (Å²) >= 11 is 3.42. The monoisotopic (exact) mass is 361 g/mol. The number of carbonyl (C=O) groups excluding carboxylic acids is 1. The summed E-state index contributed by atoms with van der Waals surface area (Å²) in [5.74, 6) is 0.580. The second-order valence-electron chi connectivity index (χ2n) is 5.21. The maximum Gasteiger partial charge on any atom is 0.255 e. The molecule has 1 amide bonds. The van der Waals surface area contributed by atoms with Gasteiger partial charge >= 0.3 is 0 Å². The summed E-state index contributed by atoms with van der Waals surface area (Å²) in [5, 5.41) is 0. The van der Waals surface area contributed by atoms with Crippen molar-refractivity contribution in [2.45, 2.75) is 19.4 Å². The summed E-state index contributed by atoms with van der Waals surface area (Å²) in [4.78, 5) is 22.7. The largest absolute Gasteiger partial charge is 0.472 e. The Balaban J connectivity index is 1.66. The molecule has 2 aromatic heterocycles. The Hall–Kier alpha value is -1.95. The van der Waals surface area contributed by atoms with Crippen LogP contribution in [0.4, 0.5) is 0 Å². The number of likely N-dealkylation sites (tertiary alicyclic amines) is 1. The lowest BCUT2D eigenvalue weighted by Gasteiger charge is -2.18. The topological polar surface area (TPSA) is 55.3 Å². The van der Waals surface area contributed by atoms with Crippen LogP contribution in [0.15, 0.2) is 41.1 Å². The van der Waals surface area contributed by atoms with Crippen molar-refractivity contribution in [3.05, 3.63) is 52.4 Å². The lowest BCUT2D eigenvalue weighted by molar-refractivity contribution is 0.0769. The molecule has 0 aromatic carbocycles. The van der Waals surface area contributed by atoms with Crippen molar-refractivity contribution in [2.75, 3.05) is 13.1 Å². The Morgan fingerprint density at radius 2 is 2.09 bits per heavy atom. The van der Waals surface area contributed by atoms with Crippen molar-refractivity contribution in [3.8, 4) is 5.88 Å². The minimum atomic E-state index is -0.0351. The Morgan fingerprint density at radius 1 is 1.32 bits per heavy atom. The molecule has 114 valence electrons. The lowest BCUT2D eigenvalue weighted by Crippen LogP contribution is -2.31. The van der Waals surface area contributed by atoms with Gasteiger partial charge in [0.2, 0.25) is 5.88 Å². The van der Waals surface area contributed by atoms with E-state index in [0.29, 0.717) is 24.5 Å². The molecule has 0 bridgehead atoms. The summed E-state index contributed by atoms with van der Waals surface area (Å²) in [7, 11) is 0. The van der Waals surface area contributed by atoms with Crippen molar-refractivity contribution < 1.29 is 9.53 Å². The summed E-state index contributed by atoms with van der Waals surface area (Å²) in [6, 6.07) is 7.33. The molecule has 3 rings (SSSR count). The molecule has 5 nitrogen and oxygen atoms in total. The quantitative estimate of drug-likeness (QED) is 0.843. The minimum Gasteiger partial charge on any atom is -0.472 e. The molecule has 1 aliphatic heterocycles. The molecule has 22 heavy (non-hydrogen) atoms. The number of carbonyl (C=O) groups is 1. The van der Waals surface area contributed by atoms with Gasteiger partial charge in [0.05, 0.1) is 16.6 Å². The zero-order valence-electron chi connectivity index (χ0n) is 12.2. The number of hydrogen-bond donors (Lipinski definition) is 0. The fourth-order valence-electron chi connectivity index (χ4n) is 2.51. The molecule has 1 aliphatic rings. The van der Waals surface area contributed by atoms with E-state index >= 15 is 0 Å². The molecule has 1 unspecified atom stereocenters. The van der Waals surface area contributed by atoms with Crippen LogP contribution in [-0.2, 0) is 0 Å². The number of halogens is 1. The predicted molar refractivity (Wildman–Crippen MR) is 85.8 cm³/mol. The summed E-state index contributed by atoms with van der Waals surface area (Å²) in [5.41, 5.74) is 1.41. The van der Waals surface area contributed by atoms with Crippen LogP contribution in [-0.4, -0.2) is 40.0 Å². The first kappa shape index (κ1) is 15.0. The van der Waals surface area contributed by atoms with Crippen LogP contribution in [0.3, 0.4) is 0 Å². The van der Waals surface area contributed by atoms with Crippen molar-refractivity contribution in [1.29, 1.82) is 0 Å². The zero-order valence-corrected chi connectivity index (χ0v) is 13.8. The number of ether oxygens (including phenoxy) is 1. The van der Waals surface area contributed by atoms with Gasteiger partial charge in [-0.25, -0.2) is 4.98 Å². The van der Waals surface area contributed by atoms with Gasteiger partial charge in [0.1, 0.15) is 6.10 Å². The third kappa shape index (κ3) is 3.11. The van der Waals surface area contributed by atoms with Gasteiger partial charge in [-0.3, -0.25) is 9.78 Å². The van der Waals surface area contributed by atoms with Crippen LogP contribution in [0.25, 0.3) is 0 Å². The fraction of sp³-hybridized carbons (Fsp3) is 0.312. The Bertz CT molecular complexity index is 693. The van der Waals surface area contributed by atoms with E-state index in [-0.39, 0.29) is 12.0 Å². The third-order valence-electron chi connectivity index (χ3n) is 3.67. The number of aromatic nitrogens is 2. The zero-order chi connectivity index (χ0) is 15.5. The highest BCUT2D eigenvalue weighted by Crippen LogP contribution is 2.25. The van der Waals surface area contributed by atoms with Crippen LogP contribution in [0.5, 0.6) is 5.88 Å². The van der Waals surface area contributed by atoms with Gasteiger partial charge in [0.15, 0.2) is 0 Å². The van der Waals surface area contributed by atoms with E-state index in [1.165, 1.54) is 0 Å². The van der Waals surface area contributed by atoms with Crippen molar-refractivity contribution in [1.82, 2.24) is 14.9 Å². The average molecular weight is 362 g/mol. The number of pyridine rings is 2. The highest BCUT2D eigenvalue weighted by atomic mass is 79.9. The summed E-state index contributed by atoms with van der Waals surface area (Å²) in [6.45, 7) is 3.10. The lowest BCUT2D eigenvalue weighted by atomic mass is 10.2. The maximum atomic E-state index is 12.5. The van der Waals surface area contributed by atoms with Crippen LogP contribution < -0.4 is 4.74 Å². The molecule has 0 radical (unpaired) electrons. The molecule has 1 atom stereocenters. The molecular formula is C16H16BrN3O2. The van der Waals surface area contributed by atoms with Crippen molar-refractivity contribution in [2.24, 2.45) is 0 Å². The van der Waals surface area contributed by atoms with Gasteiger partial charge in [-0.2, -0.15) is 0 Å². The second kappa shape index (κ2) is 6.44. The Kier molecular flexibility index (Phi) is 4.38. The predicted octanol–water partition coefficient (Wildman–Crippen LogP) is 2.84. The number of nitrogens with zero attached hydrogens (tertiary/aromatic N) is 3. The molecule has 0 saturated carbocycles. The normalized spacial score (nSPS) is 17.5. The summed E-state index contributed by atoms with van der Waals surface area (Å²) < 4.78 is 6.71. The fourth-order valence-corrected chi connectivity index (χ4v) is 2.85. The van der Waals surface area contributed by atoms with Crippen LogP contribution in [0.1, 0.15) is 22.5 Å². The van der Waals surface area contributed by atoms with E-state index in [9.17, 15) is 4.79 Å². The molecule has 1 fully saturated rings. The molecule has 0 aliphatic carbocycles. The second-order valence-corrected chi connectivity index (χ2v) is 6.06. The molecule has 3 heterocycles. The number of amides is 1. The maximum absolute atomic E-state index is 12.5. The average Bonchev–Trinajstić information content (AvgIpc) is 2.98. The first-order valence-corrected chi connectivity index (χ1v) is 7.92. The van der Waals surface area contributed by atoms with Crippen molar-refractivity contribution >= 4 is 21.8 Å². The molecular weight excluding hydrogens is 346 g/mol. The van der Waals surface area contributed by atoms with Gasteiger partial charge in [0, 0.05) is 31.1 Å². The van der Waals surface area contributed by atoms with Crippen LogP contribution in [0.2, 0.25) is 0 Å². The van der Waals surface area contributed by atoms with Gasteiger partial charge in [0.25, 0.3) is 5.91 Å². The van der Waals surface area contributed by atoms with E-state index in [1.54, 1.807) is 18.5 Å². The van der Waals surface area contributed by atoms with Gasteiger partial charge in [-0.05, 0) is 47.1 Å². The van der Waals surface area contributed by atoms with Crippen LogP contribution >= 0.6 is 15.9 Å². The standard InChI is InChI=1S/C16H16BrN3O2/c1-11-13(4-2-7-18-11)16(21)20-9-6-12(10-20)22-15-14(17)5-3-8-19-15/h2-5,7-8,12H,6,9-10H2,1H3. The number of hydrogen-bond acceptors (Lipinski definition) is 4. The third-order valence-corrected chi connectivity index (χ3v) is 4.28. The summed E-state index contributed by atoms with van der Waals surface area (Å²) in [6.07, 6.45) is 4.15. The van der Waals surface area contributed by atoms with E-state index in [1.807, 2.05) is 30.0 Å². The first-order chi connectivity index (χ1) is 10.6. The molecule has 6 heteroatoms. The van der Waals surface area contributed by atoms with Gasteiger partial charge in [-0.15, -0.1) is 0 Å². The van der Waals surface area contributed by atoms with E-state index in [4.69, 9.17) is 4.74 Å². The highest BCUT2D eigenvalue weighted by molar-refractivity contribution is 9.10. The molecule has 1 saturated heterocycles. The highest BCUT2D eigenvalue weighted by Gasteiger charge is 2.29. The Labute approximate surface area is 137 Å². The van der Waals surface area contributed by atoms with Crippen LogP contribution in [0, 0.1) is 6.92 Å². The minimum absolute atomic E-state index is 0.0109. The van der Waals surface area contributed by atoms with Gasteiger partial charge in [-0.1, -0.05) is 0 Å². The van der Waals surface area contributed by atoms with E-state index in [0.717, 1.165) is 16.6 Å².